The fourth-order valence-electron chi connectivity index (χ4n) is 1.40. The number of methoxy groups -OCH3 is 2. The molecule has 0 unspecified atom stereocenters. The third-order valence-corrected chi connectivity index (χ3v) is 2.41. The minimum absolute atomic E-state index is 0.108. The predicted octanol–water partition coefficient (Wildman–Crippen LogP) is 1.36. The Kier molecular flexibility index (Phi) is 6.00. The van der Waals surface area contributed by atoms with Crippen LogP contribution in [0.1, 0.15) is 12.5 Å². The Bertz CT molecular complexity index is 393. The van der Waals surface area contributed by atoms with Gasteiger partial charge < -0.3 is 19.5 Å². The smallest absolute Gasteiger partial charge is 0.343 e. The molecule has 0 aliphatic carbocycles. The van der Waals surface area contributed by atoms with Gasteiger partial charge in [0.15, 0.2) is 6.61 Å². The van der Waals surface area contributed by atoms with E-state index in [1.54, 1.807) is 13.2 Å². The summed E-state index contributed by atoms with van der Waals surface area (Å²) in [5.41, 5.74) is 0.974. The summed E-state index contributed by atoms with van der Waals surface area (Å²) in [6.07, 6.45) is 0. The highest BCUT2D eigenvalue weighted by Gasteiger charge is 2.08. The molecule has 0 spiro atoms. The second-order valence-corrected chi connectivity index (χ2v) is 3.62. The molecule has 5 heteroatoms. The number of esters is 1. The molecule has 0 atom stereocenters. The zero-order valence-corrected chi connectivity index (χ0v) is 11.0. The lowest BCUT2D eigenvalue weighted by Crippen LogP contribution is -2.16. The molecule has 5 nitrogen and oxygen atoms in total. The normalized spacial score (nSPS) is 9.94. The Hall–Kier alpha value is -1.75. The molecule has 1 aromatic rings. The molecule has 100 valence electrons. The summed E-state index contributed by atoms with van der Waals surface area (Å²) >= 11 is 0. The van der Waals surface area contributed by atoms with Gasteiger partial charge in [-0.1, -0.05) is 13.0 Å². The quantitative estimate of drug-likeness (QED) is 0.743. The van der Waals surface area contributed by atoms with Crippen molar-refractivity contribution in [2.24, 2.45) is 0 Å². The van der Waals surface area contributed by atoms with Crippen LogP contribution in [0.2, 0.25) is 0 Å². The van der Waals surface area contributed by atoms with Gasteiger partial charge in [0.25, 0.3) is 0 Å². The summed E-state index contributed by atoms with van der Waals surface area (Å²) in [6.45, 7) is 3.46. The van der Waals surface area contributed by atoms with Crippen molar-refractivity contribution in [3.63, 3.8) is 0 Å². The molecule has 0 radical (unpaired) electrons. The minimum atomic E-state index is -0.410. The molecule has 0 fully saturated rings. The maximum Gasteiger partial charge on any atom is 0.343 e. The Labute approximate surface area is 107 Å². The number of nitrogens with one attached hydrogen (secondary N) is 1. The van der Waals surface area contributed by atoms with E-state index in [9.17, 15) is 4.79 Å². The van der Waals surface area contributed by atoms with Crippen molar-refractivity contribution in [3.05, 3.63) is 23.8 Å². The van der Waals surface area contributed by atoms with Gasteiger partial charge in [-0.15, -0.1) is 0 Å². The van der Waals surface area contributed by atoms with Gasteiger partial charge in [-0.3, -0.25) is 0 Å². The minimum Gasteiger partial charge on any atom is -0.497 e. The Morgan fingerprint density at radius 3 is 2.72 bits per heavy atom. The molecule has 18 heavy (non-hydrogen) atoms. The Morgan fingerprint density at radius 2 is 2.11 bits per heavy atom. The second kappa shape index (κ2) is 7.55. The Morgan fingerprint density at radius 1 is 1.33 bits per heavy atom. The largest absolute Gasteiger partial charge is 0.497 e. The number of ether oxygens (including phenoxy) is 3. The van der Waals surface area contributed by atoms with Crippen LogP contribution < -0.4 is 14.8 Å². The zero-order valence-electron chi connectivity index (χ0n) is 11.0. The van der Waals surface area contributed by atoms with Gasteiger partial charge >= 0.3 is 5.97 Å². The molecule has 0 bridgehead atoms. The molecule has 0 saturated carbocycles. The summed E-state index contributed by atoms with van der Waals surface area (Å²) in [6, 6.07) is 5.53. The highest BCUT2D eigenvalue weighted by molar-refractivity contribution is 5.71. The number of benzene rings is 1. The van der Waals surface area contributed by atoms with E-state index in [1.807, 2.05) is 19.1 Å². The van der Waals surface area contributed by atoms with Crippen molar-refractivity contribution in [3.8, 4) is 11.5 Å². The molecule has 1 rings (SSSR count). The first-order chi connectivity index (χ1) is 8.71. The first kappa shape index (κ1) is 14.3. The van der Waals surface area contributed by atoms with E-state index in [1.165, 1.54) is 7.11 Å². The maximum atomic E-state index is 11.1. The number of hydrogen-bond acceptors (Lipinski definition) is 5. The highest BCUT2D eigenvalue weighted by Crippen LogP contribution is 2.24. The van der Waals surface area contributed by atoms with Crippen molar-refractivity contribution < 1.29 is 19.0 Å². The molecule has 0 amide bonds. The summed E-state index contributed by atoms with van der Waals surface area (Å²) in [7, 11) is 2.92. The van der Waals surface area contributed by atoms with Crippen LogP contribution in [0.4, 0.5) is 0 Å². The van der Waals surface area contributed by atoms with Gasteiger partial charge in [0, 0.05) is 18.2 Å². The Balaban J connectivity index is 2.78. The molecule has 0 aromatic heterocycles. The van der Waals surface area contributed by atoms with Gasteiger partial charge in [-0.25, -0.2) is 4.79 Å². The van der Waals surface area contributed by atoms with Crippen LogP contribution in [0.3, 0.4) is 0 Å². The van der Waals surface area contributed by atoms with Crippen LogP contribution in [0.5, 0.6) is 11.5 Å². The van der Waals surface area contributed by atoms with Gasteiger partial charge in [0.2, 0.25) is 0 Å². The fourth-order valence-corrected chi connectivity index (χ4v) is 1.40. The first-order valence-electron chi connectivity index (χ1n) is 5.78. The molecular weight excluding hydrogens is 234 g/mol. The summed E-state index contributed by atoms with van der Waals surface area (Å²) in [5, 5.41) is 3.21. The average Bonchev–Trinajstić information content (AvgIpc) is 2.42. The van der Waals surface area contributed by atoms with Gasteiger partial charge in [-0.2, -0.15) is 0 Å². The van der Waals surface area contributed by atoms with Crippen LogP contribution >= 0.6 is 0 Å². The van der Waals surface area contributed by atoms with Crippen molar-refractivity contribution >= 4 is 5.97 Å². The van der Waals surface area contributed by atoms with Crippen LogP contribution in [-0.2, 0) is 16.1 Å². The van der Waals surface area contributed by atoms with Crippen molar-refractivity contribution in [1.29, 1.82) is 0 Å². The topological polar surface area (TPSA) is 56.8 Å². The molecule has 0 saturated heterocycles. The van der Waals surface area contributed by atoms with Crippen LogP contribution in [0.15, 0.2) is 18.2 Å². The SMILES string of the molecule is CCNCc1ccc(OC)cc1OCC(=O)OC. The van der Waals surface area contributed by atoms with E-state index in [2.05, 4.69) is 10.1 Å². The standard InChI is InChI=1S/C13H19NO4/c1-4-14-8-10-5-6-11(16-2)7-12(10)18-9-13(15)17-3/h5-7,14H,4,8-9H2,1-3H3. The highest BCUT2D eigenvalue weighted by atomic mass is 16.6. The third-order valence-electron chi connectivity index (χ3n) is 2.41. The maximum absolute atomic E-state index is 11.1. The lowest BCUT2D eigenvalue weighted by molar-refractivity contribution is -0.142. The monoisotopic (exact) mass is 253 g/mol. The molecule has 0 heterocycles. The van der Waals surface area contributed by atoms with E-state index in [0.29, 0.717) is 18.0 Å². The zero-order chi connectivity index (χ0) is 13.4. The van der Waals surface area contributed by atoms with E-state index < -0.39 is 5.97 Å². The molecular formula is C13H19NO4. The lowest BCUT2D eigenvalue weighted by Gasteiger charge is -2.12. The number of hydrogen-bond donors (Lipinski definition) is 1. The van der Waals surface area contributed by atoms with E-state index in [-0.39, 0.29) is 6.61 Å². The predicted molar refractivity (Wildman–Crippen MR) is 67.9 cm³/mol. The second-order valence-electron chi connectivity index (χ2n) is 3.62. The molecule has 1 aromatic carbocycles. The van der Waals surface area contributed by atoms with Gasteiger partial charge in [-0.05, 0) is 12.6 Å². The fraction of sp³-hybridized carbons (Fsp3) is 0.462. The summed E-state index contributed by atoms with van der Waals surface area (Å²) in [4.78, 5) is 11.1. The molecule has 0 aliphatic rings. The van der Waals surface area contributed by atoms with E-state index in [4.69, 9.17) is 9.47 Å². The first-order valence-corrected chi connectivity index (χ1v) is 5.78. The van der Waals surface area contributed by atoms with E-state index >= 15 is 0 Å². The van der Waals surface area contributed by atoms with Gasteiger partial charge in [0.1, 0.15) is 11.5 Å². The third kappa shape index (κ3) is 4.25. The number of carbonyl (C=O) groups excluding carboxylic acids is 1. The summed E-state index contributed by atoms with van der Waals surface area (Å²) < 4.78 is 15.1. The lowest BCUT2D eigenvalue weighted by atomic mass is 10.2. The molecule has 0 aliphatic heterocycles. The van der Waals surface area contributed by atoms with Crippen molar-refractivity contribution in [2.45, 2.75) is 13.5 Å². The summed E-state index contributed by atoms with van der Waals surface area (Å²) in [5.74, 6) is 0.906. The van der Waals surface area contributed by atoms with Crippen LogP contribution in [-0.4, -0.2) is 33.3 Å². The molecule has 1 N–H and O–H groups in total. The van der Waals surface area contributed by atoms with E-state index in [0.717, 1.165) is 12.1 Å². The van der Waals surface area contributed by atoms with Gasteiger partial charge in [0.05, 0.1) is 14.2 Å². The van der Waals surface area contributed by atoms with Crippen LogP contribution in [0, 0.1) is 0 Å². The number of rotatable bonds is 7. The average molecular weight is 253 g/mol. The van der Waals surface area contributed by atoms with Crippen molar-refractivity contribution in [1.82, 2.24) is 5.32 Å². The van der Waals surface area contributed by atoms with Crippen LogP contribution in [0.25, 0.3) is 0 Å². The number of carbonyl (C=O) groups is 1. The van der Waals surface area contributed by atoms with Crippen molar-refractivity contribution in [2.75, 3.05) is 27.4 Å².